The molecule has 0 amide bonds. The number of hydrogen-bond donors (Lipinski definition) is 1. The minimum Gasteiger partial charge on any atom is -0.496 e. The predicted octanol–water partition coefficient (Wildman–Crippen LogP) is 3.62. The molecule has 0 spiro atoms. The third kappa shape index (κ3) is 5.28. The maximum Gasteiger partial charge on any atom is 0.123 e. The van der Waals surface area contributed by atoms with Crippen molar-refractivity contribution in [1.29, 1.82) is 0 Å². The van der Waals surface area contributed by atoms with Crippen LogP contribution in [0.5, 0.6) is 5.75 Å². The summed E-state index contributed by atoms with van der Waals surface area (Å²) < 4.78 is 12.0. The monoisotopic (exact) mass is 404 g/mol. The lowest BCUT2D eigenvalue weighted by atomic mass is 10.1. The number of halogens is 1. The standard InChI is InChI=1S/C20H25BrN2O2/c1-24-20-8-7-18(21)13-17(20)14-22-19(16-5-3-2-4-6-16)15-23-9-11-25-12-10-23/h2-8,13,19,22H,9-12,14-15H2,1H3. The maximum atomic E-state index is 5.50. The van der Waals surface area contributed by atoms with Crippen LogP contribution in [0, 0.1) is 0 Å². The van der Waals surface area contributed by atoms with Crippen LogP contribution in [0.4, 0.5) is 0 Å². The zero-order valence-electron chi connectivity index (χ0n) is 14.6. The normalized spacial score (nSPS) is 16.6. The fraction of sp³-hybridized carbons (Fsp3) is 0.400. The molecule has 3 rings (SSSR count). The SMILES string of the molecule is COc1ccc(Br)cc1CNC(CN1CCOCC1)c1ccccc1. The Hall–Kier alpha value is -1.40. The maximum absolute atomic E-state index is 5.50. The van der Waals surface area contributed by atoms with E-state index in [9.17, 15) is 0 Å². The van der Waals surface area contributed by atoms with E-state index in [1.165, 1.54) is 5.56 Å². The molecule has 1 aliphatic heterocycles. The van der Waals surface area contributed by atoms with Crippen LogP contribution in [-0.2, 0) is 11.3 Å². The summed E-state index contributed by atoms with van der Waals surface area (Å²) in [5, 5.41) is 3.72. The van der Waals surface area contributed by atoms with Gasteiger partial charge in [0.25, 0.3) is 0 Å². The summed E-state index contributed by atoms with van der Waals surface area (Å²) in [5.74, 6) is 0.911. The molecule has 2 aromatic rings. The van der Waals surface area contributed by atoms with Gasteiger partial charge in [0.2, 0.25) is 0 Å². The van der Waals surface area contributed by atoms with E-state index in [0.29, 0.717) is 0 Å². The van der Waals surface area contributed by atoms with Crippen molar-refractivity contribution in [1.82, 2.24) is 10.2 Å². The van der Waals surface area contributed by atoms with E-state index in [1.807, 2.05) is 12.1 Å². The Balaban J connectivity index is 1.72. The molecule has 1 aliphatic rings. The van der Waals surface area contributed by atoms with Gasteiger partial charge in [-0.05, 0) is 23.8 Å². The minimum absolute atomic E-state index is 0.267. The van der Waals surface area contributed by atoms with Crippen molar-refractivity contribution in [3.8, 4) is 5.75 Å². The molecular formula is C20H25BrN2O2. The molecule has 1 fully saturated rings. The molecule has 1 atom stereocenters. The van der Waals surface area contributed by atoms with E-state index in [0.717, 1.165) is 55.2 Å². The molecule has 0 aliphatic carbocycles. The van der Waals surface area contributed by atoms with Gasteiger partial charge in [-0.2, -0.15) is 0 Å². The van der Waals surface area contributed by atoms with Gasteiger partial charge in [0, 0.05) is 42.3 Å². The van der Waals surface area contributed by atoms with Crippen molar-refractivity contribution < 1.29 is 9.47 Å². The summed E-state index contributed by atoms with van der Waals surface area (Å²) in [4.78, 5) is 2.46. The van der Waals surface area contributed by atoms with Gasteiger partial charge in [-0.3, -0.25) is 4.90 Å². The van der Waals surface area contributed by atoms with Crippen LogP contribution in [-0.4, -0.2) is 44.9 Å². The van der Waals surface area contributed by atoms with E-state index in [2.05, 4.69) is 62.5 Å². The third-order valence-corrected chi connectivity index (χ3v) is 5.02. The number of rotatable bonds is 7. The van der Waals surface area contributed by atoms with Gasteiger partial charge in [0.15, 0.2) is 0 Å². The molecule has 1 unspecified atom stereocenters. The molecule has 1 N–H and O–H groups in total. The molecule has 0 aromatic heterocycles. The van der Waals surface area contributed by atoms with Crippen LogP contribution < -0.4 is 10.1 Å². The summed E-state index contributed by atoms with van der Waals surface area (Å²) in [6, 6.07) is 17.0. The lowest BCUT2D eigenvalue weighted by Gasteiger charge is -2.31. The van der Waals surface area contributed by atoms with Crippen molar-refractivity contribution in [2.75, 3.05) is 40.0 Å². The number of nitrogens with zero attached hydrogens (tertiary/aromatic N) is 1. The summed E-state index contributed by atoms with van der Waals surface area (Å²) in [5.41, 5.74) is 2.46. The Labute approximate surface area is 158 Å². The number of hydrogen-bond acceptors (Lipinski definition) is 4. The Morgan fingerprint density at radius 1 is 1.16 bits per heavy atom. The number of nitrogens with one attached hydrogen (secondary N) is 1. The fourth-order valence-electron chi connectivity index (χ4n) is 3.13. The van der Waals surface area contributed by atoms with Crippen LogP contribution in [0.2, 0.25) is 0 Å². The lowest BCUT2D eigenvalue weighted by Crippen LogP contribution is -2.41. The molecule has 0 radical (unpaired) electrons. The smallest absolute Gasteiger partial charge is 0.123 e. The van der Waals surface area contributed by atoms with Crippen LogP contribution in [0.15, 0.2) is 53.0 Å². The Kier molecular flexibility index (Phi) is 6.87. The Bertz CT molecular complexity index is 660. The first kappa shape index (κ1) is 18.4. The molecule has 1 saturated heterocycles. The van der Waals surface area contributed by atoms with Gasteiger partial charge in [0.05, 0.1) is 20.3 Å². The van der Waals surface area contributed by atoms with E-state index in [4.69, 9.17) is 9.47 Å². The molecule has 2 aromatic carbocycles. The predicted molar refractivity (Wildman–Crippen MR) is 104 cm³/mol. The first-order valence-corrected chi connectivity index (χ1v) is 9.46. The molecule has 1 heterocycles. The zero-order chi connectivity index (χ0) is 17.5. The number of ether oxygens (including phenoxy) is 2. The number of benzene rings is 2. The molecule has 134 valence electrons. The molecule has 0 bridgehead atoms. The first-order valence-electron chi connectivity index (χ1n) is 8.67. The first-order chi connectivity index (χ1) is 12.3. The third-order valence-electron chi connectivity index (χ3n) is 4.53. The van der Waals surface area contributed by atoms with E-state index < -0.39 is 0 Å². The van der Waals surface area contributed by atoms with Crippen LogP contribution in [0.1, 0.15) is 17.2 Å². The lowest BCUT2D eigenvalue weighted by molar-refractivity contribution is 0.0333. The number of morpholine rings is 1. The highest BCUT2D eigenvalue weighted by molar-refractivity contribution is 9.10. The minimum atomic E-state index is 0.267. The summed E-state index contributed by atoms with van der Waals surface area (Å²) in [7, 11) is 1.72. The quantitative estimate of drug-likeness (QED) is 0.763. The molecule has 4 nitrogen and oxygen atoms in total. The van der Waals surface area contributed by atoms with E-state index >= 15 is 0 Å². The second-order valence-corrected chi connectivity index (χ2v) is 7.13. The summed E-state index contributed by atoms with van der Waals surface area (Å²) in [6.07, 6.45) is 0. The molecule has 5 heteroatoms. The van der Waals surface area contributed by atoms with Crippen molar-refractivity contribution in [2.45, 2.75) is 12.6 Å². The van der Waals surface area contributed by atoms with E-state index in [-0.39, 0.29) is 6.04 Å². The van der Waals surface area contributed by atoms with Gasteiger partial charge in [-0.1, -0.05) is 46.3 Å². The van der Waals surface area contributed by atoms with Gasteiger partial charge >= 0.3 is 0 Å². The van der Waals surface area contributed by atoms with Gasteiger partial charge in [-0.25, -0.2) is 0 Å². The second kappa shape index (κ2) is 9.34. The average Bonchev–Trinajstić information content (AvgIpc) is 2.67. The van der Waals surface area contributed by atoms with Crippen molar-refractivity contribution in [2.24, 2.45) is 0 Å². The highest BCUT2D eigenvalue weighted by Crippen LogP contribution is 2.24. The highest BCUT2D eigenvalue weighted by atomic mass is 79.9. The number of methoxy groups -OCH3 is 1. The topological polar surface area (TPSA) is 33.7 Å². The van der Waals surface area contributed by atoms with Crippen molar-refractivity contribution in [3.05, 3.63) is 64.1 Å². The molecule has 0 saturated carbocycles. The second-order valence-electron chi connectivity index (χ2n) is 6.21. The van der Waals surface area contributed by atoms with Gasteiger partial charge in [0.1, 0.15) is 5.75 Å². The summed E-state index contributed by atoms with van der Waals surface area (Å²) >= 11 is 3.55. The van der Waals surface area contributed by atoms with Crippen molar-refractivity contribution >= 4 is 15.9 Å². The largest absolute Gasteiger partial charge is 0.496 e. The summed E-state index contributed by atoms with van der Waals surface area (Å²) in [6.45, 7) is 5.36. The highest BCUT2D eigenvalue weighted by Gasteiger charge is 2.18. The van der Waals surface area contributed by atoms with Crippen LogP contribution >= 0.6 is 15.9 Å². The van der Waals surface area contributed by atoms with E-state index in [1.54, 1.807) is 7.11 Å². The molecule has 25 heavy (non-hydrogen) atoms. The van der Waals surface area contributed by atoms with Gasteiger partial charge < -0.3 is 14.8 Å². The fourth-order valence-corrected chi connectivity index (χ4v) is 3.54. The zero-order valence-corrected chi connectivity index (χ0v) is 16.2. The van der Waals surface area contributed by atoms with Crippen LogP contribution in [0.3, 0.4) is 0 Å². The van der Waals surface area contributed by atoms with Gasteiger partial charge in [-0.15, -0.1) is 0 Å². The van der Waals surface area contributed by atoms with Crippen LogP contribution in [0.25, 0.3) is 0 Å². The average molecular weight is 405 g/mol. The molecular weight excluding hydrogens is 380 g/mol. The Morgan fingerprint density at radius 2 is 1.92 bits per heavy atom. The van der Waals surface area contributed by atoms with Crippen molar-refractivity contribution in [3.63, 3.8) is 0 Å². The Morgan fingerprint density at radius 3 is 2.64 bits per heavy atom.